The number of imidazole rings is 1. The molecule has 2 aromatic heterocycles. The average Bonchev–Trinajstić information content (AvgIpc) is 3.01. The summed E-state index contributed by atoms with van der Waals surface area (Å²) in [4.78, 5) is 21.5. The Morgan fingerprint density at radius 2 is 1.96 bits per heavy atom. The van der Waals surface area contributed by atoms with E-state index in [1.165, 1.54) is 11.8 Å². The van der Waals surface area contributed by atoms with Crippen molar-refractivity contribution in [2.24, 2.45) is 0 Å². The van der Waals surface area contributed by atoms with Crippen LogP contribution < -0.4 is 0 Å². The van der Waals surface area contributed by atoms with Crippen LogP contribution in [0.4, 0.5) is 0 Å². The summed E-state index contributed by atoms with van der Waals surface area (Å²) >= 11 is 1.72. The second kappa shape index (κ2) is 9.55. The van der Waals surface area contributed by atoms with E-state index in [0.29, 0.717) is 19.6 Å². The summed E-state index contributed by atoms with van der Waals surface area (Å²) in [5.74, 6) is 0.939. The minimum Gasteiger partial charge on any atom is -0.465 e. The Bertz CT molecular complexity index is 908. The summed E-state index contributed by atoms with van der Waals surface area (Å²) < 4.78 is 7.40. The molecule has 0 unspecified atom stereocenters. The fourth-order valence-corrected chi connectivity index (χ4v) is 4.08. The van der Waals surface area contributed by atoms with Gasteiger partial charge in [0, 0.05) is 30.6 Å². The number of ether oxygens (including phenoxy) is 1. The van der Waals surface area contributed by atoms with Gasteiger partial charge >= 0.3 is 5.97 Å². The molecule has 6 heteroatoms. The second-order valence-corrected chi connectivity index (χ2v) is 7.89. The predicted octanol–water partition coefficient (Wildman–Crippen LogP) is 4.71. The first kappa shape index (κ1) is 20.1. The summed E-state index contributed by atoms with van der Waals surface area (Å²) in [5, 5.41) is 1.13. The maximum absolute atomic E-state index is 11.2. The maximum atomic E-state index is 11.2. The molecule has 0 aliphatic heterocycles. The number of benzene rings is 1. The zero-order chi connectivity index (χ0) is 19.9. The topological polar surface area (TPSA) is 57.0 Å². The molecule has 0 bridgehead atoms. The van der Waals surface area contributed by atoms with Crippen LogP contribution in [0.2, 0.25) is 0 Å². The fraction of sp³-hybridized carbons (Fsp3) is 0.318. The molecule has 0 saturated carbocycles. The molecule has 0 fully saturated rings. The number of nitrogens with zero attached hydrogens (tertiary/aromatic N) is 3. The van der Waals surface area contributed by atoms with E-state index in [1.54, 1.807) is 18.0 Å². The van der Waals surface area contributed by atoms with Crippen LogP contribution in [0.25, 0.3) is 0 Å². The molecule has 0 spiro atoms. The minimum atomic E-state index is -0.270. The zero-order valence-corrected chi connectivity index (χ0v) is 17.3. The van der Waals surface area contributed by atoms with E-state index in [4.69, 9.17) is 9.72 Å². The molecule has 0 aliphatic rings. The van der Waals surface area contributed by atoms with Crippen molar-refractivity contribution in [2.45, 2.75) is 49.6 Å². The van der Waals surface area contributed by atoms with E-state index < -0.39 is 0 Å². The van der Waals surface area contributed by atoms with Gasteiger partial charge < -0.3 is 9.30 Å². The molecule has 3 rings (SSSR count). The molecule has 0 amide bonds. The van der Waals surface area contributed by atoms with Gasteiger partial charge in [-0.1, -0.05) is 49.9 Å². The number of pyridine rings is 1. The molecule has 146 valence electrons. The number of aromatic nitrogens is 3. The van der Waals surface area contributed by atoms with E-state index in [1.807, 2.05) is 30.5 Å². The molecule has 1 aromatic carbocycles. The Kier molecular flexibility index (Phi) is 6.87. The van der Waals surface area contributed by atoms with Gasteiger partial charge in [-0.25, -0.2) is 4.98 Å². The quantitative estimate of drug-likeness (QED) is 0.517. The molecule has 0 N–H and O–H groups in total. The number of esters is 1. The van der Waals surface area contributed by atoms with Gasteiger partial charge in [0.05, 0.1) is 18.8 Å². The van der Waals surface area contributed by atoms with Crippen molar-refractivity contribution >= 4 is 17.7 Å². The Hall–Kier alpha value is -2.60. The van der Waals surface area contributed by atoms with Gasteiger partial charge in [-0.15, -0.1) is 0 Å². The Morgan fingerprint density at radius 3 is 2.61 bits per heavy atom. The second-order valence-electron chi connectivity index (χ2n) is 6.83. The van der Waals surface area contributed by atoms with Crippen LogP contribution in [-0.4, -0.2) is 27.1 Å². The summed E-state index contributed by atoms with van der Waals surface area (Å²) in [6.45, 7) is 6.74. The van der Waals surface area contributed by atoms with Crippen LogP contribution >= 0.6 is 11.8 Å². The summed E-state index contributed by atoms with van der Waals surface area (Å²) in [6.07, 6.45) is 4.23. The lowest BCUT2D eigenvalue weighted by molar-refractivity contribution is -0.140. The lowest BCUT2D eigenvalue weighted by Gasteiger charge is -2.13. The molecule has 0 radical (unpaired) electrons. The monoisotopic (exact) mass is 395 g/mol. The smallest absolute Gasteiger partial charge is 0.302 e. The third-order valence-electron chi connectivity index (χ3n) is 4.22. The van der Waals surface area contributed by atoms with E-state index in [0.717, 1.165) is 22.1 Å². The number of hydrogen-bond donors (Lipinski definition) is 0. The van der Waals surface area contributed by atoms with Gasteiger partial charge in [-0.3, -0.25) is 9.78 Å². The number of carbonyl (C=O) groups is 1. The van der Waals surface area contributed by atoms with Crippen molar-refractivity contribution in [3.8, 4) is 0 Å². The van der Waals surface area contributed by atoms with Crippen molar-refractivity contribution in [2.75, 3.05) is 6.61 Å². The zero-order valence-electron chi connectivity index (χ0n) is 16.5. The van der Waals surface area contributed by atoms with Crippen LogP contribution in [0, 0.1) is 0 Å². The highest BCUT2D eigenvalue weighted by Crippen LogP contribution is 2.35. The fourth-order valence-electron chi connectivity index (χ4n) is 2.90. The highest BCUT2D eigenvalue weighted by molar-refractivity contribution is 7.99. The summed E-state index contributed by atoms with van der Waals surface area (Å²) in [6, 6.07) is 14.3. The molecule has 5 nitrogen and oxygen atoms in total. The van der Waals surface area contributed by atoms with Crippen molar-refractivity contribution in [3.05, 3.63) is 71.9 Å². The van der Waals surface area contributed by atoms with Gasteiger partial charge in [0.25, 0.3) is 0 Å². The van der Waals surface area contributed by atoms with Gasteiger partial charge in [0.2, 0.25) is 0 Å². The molecule has 3 aromatic rings. The van der Waals surface area contributed by atoms with E-state index in [-0.39, 0.29) is 11.9 Å². The number of rotatable bonds is 8. The van der Waals surface area contributed by atoms with E-state index in [9.17, 15) is 4.79 Å². The Labute approximate surface area is 170 Å². The normalized spacial score (nSPS) is 11.0. The highest BCUT2D eigenvalue weighted by atomic mass is 32.2. The molecular weight excluding hydrogens is 370 g/mol. The standard InChI is InChI=1S/C22H25N3O2S/c1-16(2)21-22(28-19-9-5-4-6-10-19)25(15-18-8-7-12-23-14-18)20(24-21)11-13-27-17(3)26/h4-10,12,14,16H,11,13,15H2,1-3H3. The van der Waals surface area contributed by atoms with Crippen molar-refractivity contribution in [1.82, 2.24) is 14.5 Å². The molecule has 0 aliphatic carbocycles. The molecule has 0 atom stereocenters. The van der Waals surface area contributed by atoms with Gasteiger partial charge in [0.1, 0.15) is 10.9 Å². The van der Waals surface area contributed by atoms with Crippen LogP contribution in [-0.2, 0) is 22.5 Å². The molecular formula is C22H25N3O2S. The van der Waals surface area contributed by atoms with Crippen molar-refractivity contribution in [1.29, 1.82) is 0 Å². The van der Waals surface area contributed by atoms with Gasteiger partial charge in [-0.05, 0) is 29.7 Å². The Balaban J connectivity index is 2.00. The van der Waals surface area contributed by atoms with Crippen LogP contribution in [0.3, 0.4) is 0 Å². The van der Waals surface area contributed by atoms with Crippen LogP contribution in [0.15, 0.2) is 64.8 Å². The van der Waals surface area contributed by atoms with Crippen molar-refractivity contribution in [3.63, 3.8) is 0 Å². The first-order valence-corrected chi connectivity index (χ1v) is 10.2. The molecule has 2 heterocycles. The van der Waals surface area contributed by atoms with Gasteiger partial charge in [-0.2, -0.15) is 0 Å². The van der Waals surface area contributed by atoms with Crippen molar-refractivity contribution < 1.29 is 9.53 Å². The summed E-state index contributed by atoms with van der Waals surface area (Å²) in [5.41, 5.74) is 2.18. The van der Waals surface area contributed by atoms with E-state index in [2.05, 4.69) is 41.6 Å². The number of hydrogen-bond acceptors (Lipinski definition) is 5. The Morgan fingerprint density at radius 1 is 1.18 bits per heavy atom. The maximum Gasteiger partial charge on any atom is 0.302 e. The predicted molar refractivity (Wildman–Crippen MR) is 111 cm³/mol. The third kappa shape index (κ3) is 5.23. The third-order valence-corrected chi connectivity index (χ3v) is 5.36. The molecule has 28 heavy (non-hydrogen) atoms. The highest BCUT2D eigenvalue weighted by Gasteiger charge is 2.21. The first-order valence-electron chi connectivity index (χ1n) is 9.39. The molecule has 0 saturated heterocycles. The largest absolute Gasteiger partial charge is 0.465 e. The minimum absolute atomic E-state index is 0.270. The first-order chi connectivity index (χ1) is 13.5. The van der Waals surface area contributed by atoms with Crippen LogP contribution in [0.1, 0.15) is 43.8 Å². The lowest BCUT2D eigenvalue weighted by atomic mass is 10.1. The SMILES string of the molecule is CC(=O)OCCc1nc(C(C)C)c(Sc2ccccc2)n1Cc1cccnc1. The van der Waals surface area contributed by atoms with E-state index >= 15 is 0 Å². The summed E-state index contributed by atoms with van der Waals surface area (Å²) in [7, 11) is 0. The lowest BCUT2D eigenvalue weighted by Crippen LogP contribution is -2.11. The van der Waals surface area contributed by atoms with Gasteiger partial charge in [0.15, 0.2) is 0 Å². The van der Waals surface area contributed by atoms with Crippen LogP contribution in [0.5, 0.6) is 0 Å². The average molecular weight is 396 g/mol. The number of carbonyl (C=O) groups excluding carboxylic acids is 1.